The molecule has 3 rings (SSSR count). The Morgan fingerprint density at radius 3 is 1.38 bits per heavy atom. The Labute approximate surface area is 425 Å². The minimum Gasteiger partial charge on any atom is -0.507 e. The molecule has 68 heavy (non-hydrogen) atoms. The van der Waals surface area contributed by atoms with Crippen molar-refractivity contribution >= 4 is 41.1 Å². The fraction of sp³-hybridized carbons (Fsp3) is 0.724. The number of aromatic hydroxyl groups is 2. The number of carbonyl (C=O) groups excluding carboxylic acids is 1. The molecule has 3 aromatic rings. The van der Waals surface area contributed by atoms with Crippen LogP contribution in [0.4, 0.5) is 11.6 Å². The van der Waals surface area contributed by atoms with Crippen LogP contribution < -0.4 is 5.32 Å². The van der Waals surface area contributed by atoms with E-state index < -0.39 is 0 Å². The van der Waals surface area contributed by atoms with Crippen LogP contribution in [0.5, 0.6) is 11.5 Å². The van der Waals surface area contributed by atoms with E-state index in [1.54, 1.807) is 23.5 Å². The molecule has 0 saturated carbocycles. The Kier molecular flexibility index (Phi) is 27.0. The van der Waals surface area contributed by atoms with Crippen molar-refractivity contribution in [2.24, 2.45) is 5.92 Å². The van der Waals surface area contributed by atoms with Crippen LogP contribution in [0.3, 0.4) is 0 Å². The highest BCUT2D eigenvalue weighted by Gasteiger charge is 2.28. The molecular weight excluding hydrogens is 881 g/mol. The van der Waals surface area contributed by atoms with E-state index in [0.29, 0.717) is 36.9 Å². The van der Waals surface area contributed by atoms with Crippen LogP contribution in [0.1, 0.15) is 248 Å². The van der Waals surface area contributed by atoms with Crippen LogP contribution in [0.2, 0.25) is 0 Å². The monoisotopic (exact) mass is 979 g/mol. The van der Waals surface area contributed by atoms with E-state index in [4.69, 9.17) is 19.7 Å². The molecule has 0 aliphatic heterocycles. The van der Waals surface area contributed by atoms with E-state index >= 15 is 0 Å². The average Bonchev–Trinajstić information content (AvgIpc) is 3.23. The van der Waals surface area contributed by atoms with Gasteiger partial charge >= 0.3 is 5.97 Å². The van der Waals surface area contributed by atoms with E-state index in [9.17, 15) is 15.0 Å². The first-order valence-corrected chi connectivity index (χ1v) is 28.4. The molecule has 0 aliphatic carbocycles. The molecule has 3 N–H and O–H groups in total. The molecular formula is C58H98N4O4S2. The summed E-state index contributed by atoms with van der Waals surface area (Å²) in [6.45, 7) is 34.9. The number of nitrogens with one attached hydrogen (secondary N) is 1. The number of hydrogen-bond donors (Lipinski definition) is 3. The molecule has 0 saturated heterocycles. The summed E-state index contributed by atoms with van der Waals surface area (Å²) in [6.07, 6.45) is 20.9. The predicted octanol–water partition coefficient (Wildman–Crippen LogP) is 17.5. The van der Waals surface area contributed by atoms with Gasteiger partial charge in [-0.25, -0.2) is 0 Å². The number of phenols is 2. The van der Waals surface area contributed by atoms with Gasteiger partial charge in [0.2, 0.25) is 5.95 Å². The third-order valence-corrected chi connectivity index (χ3v) is 14.0. The number of aryl methyl sites for hydroxylation is 1. The van der Waals surface area contributed by atoms with E-state index in [2.05, 4.69) is 116 Å². The summed E-state index contributed by atoms with van der Waals surface area (Å²) in [5.74, 6) is 4.00. The lowest BCUT2D eigenvalue weighted by molar-refractivity contribution is -0.143. The number of esters is 1. The number of benzene rings is 2. The van der Waals surface area contributed by atoms with Crippen LogP contribution in [-0.4, -0.2) is 49.2 Å². The molecule has 0 atom stereocenters. The summed E-state index contributed by atoms with van der Waals surface area (Å²) in [7, 11) is 0. The Morgan fingerprint density at radius 1 is 0.574 bits per heavy atom. The van der Waals surface area contributed by atoms with Crippen molar-refractivity contribution < 1.29 is 19.7 Å². The fourth-order valence-corrected chi connectivity index (χ4v) is 9.64. The van der Waals surface area contributed by atoms with Gasteiger partial charge in [0.1, 0.15) is 11.5 Å². The van der Waals surface area contributed by atoms with Crippen LogP contribution >= 0.6 is 23.5 Å². The molecule has 0 spiro atoms. The lowest BCUT2D eigenvalue weighted by Crippen LogP contribution is -2.18. The van der Waals surface area contributed by atoms with Gasteiger partial charge in [-0.3, -0.25) is 4.79 Å². The number of hydrogen-bond acceptors (Lipinski definition) is 10. The first-order chi connectivity index (χ1) is 31.8. The van der Waals surface area contributed by atoms with Crippen molar-refractivity contribution in [3.8, 4) is 11.5 Å². The summed E-state index contributed by atoms with van der Waals surface area (Å²) in [6, 6.07) is 8.18. The standard InChI is InChI=1S/C33H56N4OS2.C25H42O3/c1-9-11-13-15-17-19-21-39-30-35-29(36-31(37-30)40-22-20-18-16-14-12-10-2)34-25-23-26(32(3,4)5)28(38)27(24-25)33(6,7)8;1-18(2)12-10-9-11-15-28-22(26)14-13-19-16-20(24(3,4)5)23(27)21(17-19)25(6,7)8/h23-24,38H,9-22H2,1-8H3,(H,34,35,36,37);16-18,27H,9-15H2,1-8H3. The van der Waals surface area contributed by atoms with Crippen molar-refractivity contribution in [2.45, 2.75) is 258 Å². The third kappa shape index (κ3) is 23.8. The van der Waals surface area contributed by atoms with Gasteiger partial charge in [0.15, 0.2) is 10.3 Å². The molecule has 8 nitrogen and oxygen atoms in total. The highest BCUT2D eigenvalue weighted by Crippen LogP contribution is 2.42. The van der Waals surface area contributed by atoms with Gasteiger partial charge < -0.3 is 20.3 Å². The summed E-state index contributed by atoms with van der Waals surface area (Å²) in [4.78, 5) is 26.6. The minimum absolute atomic E-state index is 0.133. The molecule has 1 heterocycles. The van der Waals surface area contributed by atoms with Crippen molar-refractivity contribution in [2.75, 3.05) is 23.4 Å². The number of unbranched alkanes of at least 4 members (excludes halogenated alkanes) is 12. The summed E-state index contributed by atoms with van der Waals surface area (Å²) in [5.41, 5.74) is 5.00. The highest BCUT2D eigenvalue weighted by atomic mass is 32.2. The molecule has 1 aromatic heterocycles. The van der Waals surface area contributed by atoms with E-state index in [1.165, 1.54) is 89.9 Å². The second-order valence-electron chi connectivity index (χ2n) is 23.5. The summed E-state index contributed by atoms with van der Waals surface area (Å²) >= 11 is 3.48. The predicted molar refractivity (Wildman–Crippen MR) is 295 cm³/mol. The maximum Gasteiger partial charge on any atom is 0.306 e. The zero-order valence-corrected chi connectivity index (χ0v) is 47.7. The Balaban J connectivity index is 0.000000498. The van der Waals surface area contributed by atoms with E-state index in [0.717, 1.165) is 74.1 Å². The average molecular weight is 980 g/mol. The third-order valence-electron chi connectivity index (χ3n) is 12.1. The zero-order valence-electron chi connectivity index (χ0n) is 46.1. The maximum atomic E-state index is 12.1. The summed E-state index contributed by atoms with van der Waals surface area (Å²) in [5, 5.41) is 27.0. The maximum absolute atomic E-state index is 12.1. The fourth-order valence-electron chi connectivity index (χ4n) is 7.91. The number of ether oxygens (including phenoxy) is 1. The molecule has 386 valence electrons. The molecule has 10 heteroatoms. The van der Waals surface area contributed by atoms with Crippen LogP contribution in [0.25, 0.3) is 0 Å². The van der Waals surface area contributed by atoms with E-state index in [-0.39, 0.29) is 27.6 Å². The normalized spacial score (nSPS) is 12.3. The van der Waals surface area contributed by atoms with Gasteiger partial charge in [-0.2, -0.15) is 15.0 Å². The second kappa shape index (κ2) is 30.0. The number of nitrogens with zero attached hydrogens (tertiary/aromatic N) is 3. The smallest absolute Gasteiger partial charge is 0.306 e. The first-order valence-electron chi connectivity index (χ1n) is 26.5. The van der Waals surface area contributed by atoms with Crippen LogP contribution in [0, 0.1) is 5.92 Å². The molecule has 0 radical (unpaired) electrons. The molecule has 0 bridgehead atoms. The number of anilines is 2. The van der Waals surface area contributed by atoms with Gasteiger partial charge in [0.05, 0.1) is 6.61 Å². The van der Waals surface area contributed by atoms with Crippen molar-refractivity contribution in [1.29, 1.82) is 0 Å². The van der Waals surface area contributed by atoms with Gasteiger partial charge in [-0.1, -0.05) is 230 Å². The van der Waals surface area contributed by atoms with Gasteiger partial charge in [-0.05, 0) is 82.1 Å². The lowest BCUT2D eigenvalue weighted by atomic mass is 9.78. The van der Waals surface area contributed by atoms with Gasteiger partial charge in [0.25, 0.3) is 0 Å². The SMILES string of the molecule is CC(C)CCCCCOC(=O)CCc1cc(C(C)(C)C)c(O)c(C(C)(C)C)c1.CCCCCCCCSc1nc(Nc2cc(C(C)(C)C)c(O)c(C(C)(C)C)c2)nc(SCCCCCCCC)n1. The number of aromatic nitrogens is 3. The number of carbonyl (C=O) groups is 1. The first kappa shape index (κ1) is 61.1. The molecule has 0 aliphatic rings. The molecule has 0 amide bonds. The largest absolute Gasteiger partial charge is 0.507 e. The number of rotatable bonds is 27. The second-order valence-corrected chi connectivity index (χ2v) is 25.6. The molecule has 0 fully saturated rings. The topological polar surface area (TPSA) is 117 Å². The van der Waals surface area contributed by atoms with Crippen molar-refractivity contribution in [3.05, 3.63) is 52.1 Å². The van der Waals surface area contributed by atoms with Crippen LogP contribution in [-0.2, 0) is 37.6 Å². The molecule has 2 aromatic carbocycles. The molecule has 0 unspecified atom stereocenters. The van der Waals surface area contributed by atoms with Crippen molar-refractivity contribution in [3.63, 3.8) is 0 Å². The number of thioether (sulfide) groups is 2. The van der Waals surface area contributed by atoms with E-state index in [1.807, 2.05) is 24.3 Å². The Bertz CT molecular complexity index is 1810. The van der Waals surface area contributed by atoms with Gasteiger partial charge in [0, 0.05) is 34.7 Å². The quantitative estimate of drug-likeness (QED) is 0.0295. The number of phenolic OH excluding ortho intramolecular Hbond substituents is 2. The zero-order chi connectivity index (χ0) is 51.1. The Hall–Kier alpha value is -2.98. The minimum atomic E-state index is -0.197. The summed E-state index contributed by atoms with van der Waals surface area (Å²) < 4.78 is 5.40. The lowest BCUT2D eigenvalue weighted by Gasteiger charge is -2.28. The van der Waals surface area contributed by atoms with Gasteiger partial charge in [-0.15, -0.1) is 0 Å². The van der Waals surface area contributed by atoms with Crippen LogP contribution in [0.15, 0.2) is 34.6 Å². The highest BCUT2D eigenvalue weighted by molar-refractivity contribution is 7.99. The Morgan fingerprint density at radius 2 is 0.971 bits per heavy atom. The van der Waals surface area contributed by atoms with Crippen molar-refractivity contribution in [1.82, 2.24) is 15.0 Å².